The van der Waals surface area contributed by atoms with Gasteiger partial charge in [0.15, 0.2) is 17.0 Å². The predicted molar refractivity (Wildman–Crippen MR) is 105 cm³/mol. The molecule has 0 spiro atoms. The summed E-state index contributed by atoms with van der Waals surface area (Å²) in [6.07, 6.45) is 2.59. The highest BCUT2D eigenvalue weighted by Gasteiger charge is 2.19. The van der Waals surface area contributed by atoms with Crippen molar-refractivity contribution in [3.63, 3.8) is 0 Å². The van der Waals surface area contributed by atoms with Gasteiger partial charge in [-0.2, -0.15) is 9.97 Å². The lowest BCUT2D eigenvalue weighted by atomic mass is 10.2. The van der Waals surface area contributed by atoms with Gasteiger partial charge in [0, 0.05) is 18.8 Å². The van der Waals surface area contributed by atoms with Crippen LogP contribution in [-0.4, -0.2) is 44.3 Å². The number of anilines is 3. The van der Waals surface area contributed by atoms with E-state index < -0.39 is 0 Å². The maximum atomic E-state index is 9.51. The zero-order chi connectivity index (χ0) is 18.7. The van der Waals surface area contributed by atoms with Crippen LogP contribution in [0.15, 0.2) is 36.7 Å². The fourth-order valence-electron chi connectivity index (χ4n) is 2.81. The summed E-state index contributed by atoms with van der Waals surface area (Å²) >= 11 is 0. The van der Waals surface area contributed by atoms with Crippen molar-refractivity contribution in [2.45, 2.75) is 39.3 Å². The van der Waals surface area contributed by atoms with Crippen LogP contribution in [0.2, 0.25) is 0 Å². The predicted octanol–water partition coefficient (Wildman–Crippen LogP) is 3.36. The van der Waals surface area contributed by atoms with Crippen molar-refractivity contribution in [2.75, 3.05) is 23.9 Å². The van der Waals surface area contributed by atoms with E-state index in [4.69, 9.17) is 4.98 Å². The van der Waals surface area contributed by atoms with Gasteiger partial charge in [0.2, 0.25) is 5.95 Å². The molecule has 0 bridgehead atoms. The number of hydrogen-bond acceptors (Lipinski definition) is 6. The van der Waals surface area contributed by atoms with Crippen molar-refractivity contribution in [3.05, 3.63) is 36.7 Å². The summed E-state index contributed by atoms with van der Waals surface area (Å²) in [5.74, 6) is 1.23. The van der Waals surface area contributed by atoms with Gasteiger partial charge in [0.25, 0.3) is 0 Å². The summed E-state index contributed by atoms with van der Waals surface area (Å²) in [4.78, 5) is 15.9. The molecule has 0 saturated carbocycles. The number of benzene rings is 1. The minimum absolute atomic E-state index is 0.0329. The Balaban J connectivity index is 2.13. The summed E-state index contributed by atoms with van der Waals surface area (Å²) < 4.78 is 2.03. The van der Waals surface area contributed by atoms with E-state index in [0.29, 0.717) is 5.95 Å². The third-order valence-electron chi connectivity index (χ3n) is 4.47. The van der Waals surface area contributed by atoms with Crippen LogP contribution in [0.4, 0.5) is 17.5 Å². The number of para-hydroxylation sites is 1. The molecule has 0 fully saturated rings. The van der Waals surface area contributed by atoms with Gasteiger partial charge in [-0.3, -0.25) is 0 Å². The molecule has 7 heteroatoms. The molecule has 26 heavy (non-hydrogen) atoms. The molecule has 0 amide bonds. The lowest BCUT2D eigenvalue weighted by Gasteiger charge is -2.21. The van der Waals surface area contributed by atoms with Crippen LogP contribution in [0.3, 0.4) is 0 Å². The molecular formula is C19H26N6O. The Labute approximate surface area is 153 Å². The van der Waals surface area contributed by atoms with Gasteiger partial charge < -0.3 is 19.9 Å². The number of fused-ring (bicyclic) bond motifs is 1. The number of hydrogen-bond donors (Lipinski definition) is 2. The molecule has 3 rings (SSSR count). The highest BCUT2D eigenvalue weighted by molar-refractivity contribution is 5.87. The molecule has 0 aliphatic heterocycles. The minimum Gasteiger partial charge on any atom is -0.394 e. The van der Waals surface area contributed by atoms with E-state index in [1.165, 1.54) is 0 Å². The van der Waals surface area contributed by atoms with E-state index in [1.54, 1.807) is 6.33 Å². The zero-order valence-electron chi connectivity index (χ0n) is 15.7. The van der Waals surface area contributed by atoms with Crippen LogP contribution in [0.25, 0.3) is 11.2 Å². The first-order valence-electron chi connectivity index (χ1n) is 8.95. The quantitative estimate of drug-likeness (QED) is 0.677. The Morgan fingerprint density at radius 3 is 2.54 bits per heavy atom. The number of aliphatic hydroxyl groups is 1. The third-order valence-corrected chi connectivity index (χ3v) is 4.47. The van der Waals surface area contributed by atoms with Crippen LogP contribution in [-0.2, 0) is 0 Å². The Morgan fingerprint density at radius 1 is 1.19 bits per heavy atom. The van der Waals surface area contributed by atoms with Gasteiger partial charge >= 0.3 is 0 Å². The summed E-state index contributed by atoms with van der Waals surface area (Å²) in [6, 6.07) is 10.2. The molecule has 7 nitrogen and oxygen atoms in total. The van der Waals surface area contributed by atoms with Crippen LogP contribution in [0, 0.1) is 0 Å². The fourth-order valence-corrected chi connectivity index (χ4v) is 2.81. The van der Waals surface area contributed by atoms with Gasteiger partial charge in [-0.05, 0) is 32.4 Å². The minimum atomic E-state index is -0.0854. The van der Waals surface area contributed by atoms with Crippen LogP contribution in [0.5, 0.6) is 0 Å². The number of nitrogens with one attached hydrogen (secondary N) is 1. The first-order valence-corrected chi connectivity index (χ1v) is 8.95. The normalized spacial score (nSPS) is 12.5. The van der Waals surface area contributed by atoms with E-state index in [9.17, 15) is 5.11 Å². The molecule has 1 aromatic carbocycles. The highest BCUT2D eigenvalue weighted by Crippen LogP contribution is 2.30. The SMILES string of the molecule is CC[C@H](CO)Nc1nc(N(C)c2ccccc2)c2ncn(C(C)C)c2n1. The van der Waals surface area contributed by atoms with E-state index >= 15 is 0 Å². The Morgan fingerprint density at radius 2 is 1.92 bits per heavy atom. The standard InChI is InChI=1S/C19H26N6O/c1-5-14(11-26)21-19-22-17(24(4)15-9-7-6-8-10-15)16-18(23-19)25(12-20-16)13(2)3/h6-10,12-14,26H,5,11H2,1-4H3,(H,21,22,23)/t14-/m1/s1. The van der Waals surface area contributed by atoms with Crippen LogP contribution in [0.1, 0.15) is 33.2 Å². The molecule has 0 aliphatic rings. The van der Waals surface area contributed by atoms with Crippen molar-refractivity contribution in [3.8, 4) is 0 Å². The lowest BCUT2D eigenvalue weighted by molar-refractivity contribution is 0.271. The van der Waals surface area contributed by atoms with Crippen molar-refractivity contribution >= 4 is 28.6 Å². The van der Waals surface area contributed by atoms with Gasteiger partial charge in [-0.15, -0.1) is 0 Å². The molecule has 2 N–H and O–H groups in total. The third kappa shape index (κ3) is 3.48. The lowest BCUT2D eigenvalue weighted by Crippen LogP contribution is -2.24. The van der Waals surface area contributed by atoms with E-state index in [0.717, 1.165) is 29.1 Å². The average molecular weight is 354 g/mol. The molecule has 2 heterocycles. The molecule has 1 atom stereocenters. The van der Waals surface area contributed by atoms with Crippen LogP contribution < -0.4 is 10.2 Å². The van der Waals surface area contributed by atoms with Crippen LogP contribution >= 0.6 is 0 Å². The monoisotopic (exact) mass is 354 g/mol. The van der Waals surface area contributed by atoms with Crippen molar-refractivity contribution in [2.24, 2.45) is 0 Å². The number of aliphatic hydroxyl groups excluding tert-OH is 1. The van der Waals surface area contributed by atoms with E-state index in [1.807, 2.05) is 53.8 Å². The molecule has 138 valence electrons. The van der Waals surface area contributed by atoms with Crippen molar-refractivity contribution in [1.29, 1.82) is 0 Å². The second-order valence-corrected chi connectivity index (χ2v) is 6.62. The van der Waals surface area contributed by atoms with E-state index in [2.05, 4.69) is 29.1 Å². The molecule has 0 aliphatic carbocycles. The zero-order valence-corrected chi connectivity index (χ0v) is 15.7. The largest absolute Gasteiger partial charge is 0.394 e. The maximum absolute atomic E-state index is 9.51. The Bertz CT molecular complexity index is 857. The molecule has 0 saturated heterocycles. The van der Waals surface area contributed by atoms with Gasteiger partial charge in [0.05, 0.1) is 19.0 Å². The summed E-state index contributed by atoms with van der Waals surface area (Å²) in [5.41, 5.74) is 2.56. The smallest absolute Gasteiger partial charge is 0.227 e. The van der Waals surface area contributed by atoms with E-state index in [-0.39, 0.29) is 18.7 Å². The molecule has 2 aromatic heterocycles. The summed E-state index contributed by atoms with van der Waals surface area (Å²) in [5, 5.41) is 12.7. The Kier molecular flexibility index (Phi) is 5.37. The molecular weight excluding hydrogens is 328 g/mol. The Hall–Kier alpha value is -2.67. The number of aromatic nitrogens is 4. The number of rotatable bonds is 7. The average Bonchev–Trinajstić information content (AvgIpc) is 3.09. The second-order valence-electron chi connectivity index (χ2n) is 6.62. The van der Waals surface area contributed by atoms with Crippen molar-refractivity contribution < 1.29 is 5.11 Å². The van der Waals surface area contributed by atoms with Gasteiger partial charge in [0.1, 0.15) is 0 Å². The second kappa shape index (κ2) is 7.70. The highest BCUT2D eigenvalue weighted by atomic mass is 16.3. The molecule has 3 aromatic rings. The fraction of sp³-hybridized carbons (Fsp3) is 0.421. The number of imidazole rings is 1. The number of nitrogens with zero attached hydrogens (tertiary/aromatic N) is 5. The maximum Gasteiger partial charge on any atom is 0.227 e. The van der Waals surface area contributed by atoms with Crippen molar-refractivity contribution in [1.82, 2.24) is 19.5 Å². The molecule has 0 radical (unpaired) electrons. The van der Waals surface area contributed by atoms with Gasteiger partial charge in [-0.1, -0.05) is 25.1 Å². The van der Waals surface area contributed by atoms with Gasteiger partial charge in [-0.25, -0.2) is 4.98 Å². The topological polar surface area (TPSA) is 79.1 Å². The first kappa shape index (κ1) is 18.1. The summed E-state index contributed by atoms with van der Waals surface area (Å²) in [6.45, 7) is 6.24. The summed E-state index contributed by atoms with van der Waals surface area (Å²) in [7, 11) is 1.97. The first-order chi connectivity index (χ1) is 12.5. The molecule has 0 unspecified atom stereocenters.